The molecule has 0 bridgehead atoms. The first-order valence-corrected chi connectivity index (χ1v) is 11.1. The Morgan fingerprint density at radius 3 is 2.31 bits per heavy atom. The lowest BCUT2D eigenvalue weighted by Gasteiger charge is -2.09. The maximum absolute atomic E-state index is 11.9. The fourth-order valence-electron chi connectivity index (χ4n) is 3.30. The predicted molar refractivity (Wildman–Crippen MR) is 132 cm³/mol. The lowest BCUT2D eigenvalue weighted by atomic mass is 10.1. The zero-order valence-electron chi connectivity index (χ0n) is 19.1. The van der Waals surface area contributed by atoms with Crippen molar-refractivity contribution in [1.82, 2.24) is 9.97 Å². The van der Waals surface area contributed by atoms with Crippen LogP contribution >= 0.6 is 11.6 Å². The fraction of sp³-hybridized carbons (Fsp3) is 0.115. The van der Waals surface area contributed by atoms with Crippen molar-refractivity contribution < 1.29 is 23.9 Å². The van der Waals surface area contributed by atoms with E-state index in [1.807, 2.05) is 48.5 Å². The topological polar surface area (TPSA) is 114 Å². The molecular formula is C26H20ClN3O6. The molecule has 1 aromatic heterocycles. The highest BCUT2D eigenvalue weighted by molar-refractivity contribution is 6.30. The second-order valence-electron chi connectivity index (χ2n) is 7.58. The molecule has 0 saturated heterocycles. The standard InChI is InChI=1S/C26H20ClN3O6/c1-34-26(31)23-12-22(8-9-24(23)30(32)33)36-16-18-13-28-25(29-14-18)19-5-3-7-21(11-19)35-15-17-4-2-6-20(27)10-17/h2-14H,15-16H2,1H3. The van der Waals surface area contributed by atoms with Crippen LogP contribution in [0.2, 0.25) is 5.02 Å². The van der Waals surface area contributed by atoms with Gasteiger partial charge in [0.25, 0.3) is 5.69 Å². The van der Waals surface area contributed by atoms with Gasteiger partial charge in [-0.1, -0.05) is 35.9 Å². The SMILES string of the molecule is COC(=O)c1cc(OCc2cnc(-c3cccc(OCc4cccc(Cl)c4)c3)nc2)ccc1[N+](=O)[O-]. The number of methoxy groups -OCH3 is 1. The molecule has 10 heteroatoms. The third-order valence-electron chi connectivity index (χ3n) is 5.07. The van der Waals surface area contributed by atoms with Gasteiger partial charge in [0.15, 0.2) is 5.82 Å². The number of esters is 1. The van der Waals surface area contributed by atoms with Gasteiger partial charge in [0.2, 0.25) is 0 Å². The molecule has 0 aliphatic heterocycles. The number of nitro benzene ring substituents is 1. The lowest BCUT2D eigenvalue weighted by Crippen LogP contribution is -2.06. The van der Waals surface area contributed by atoms with Crippen LogP contribution in [0.1, 0.15) is 21.5 Å². The highest BCUT2D eigenvalue weighted by atomic mass is 35.5. The minimum Gasteiger partial charge on any atom is -0.489 e. The van der Waals surface area contributed by atoms with E-state index in [0.29, 0.717) is 28.8 Å². The summed E-state index contributed by atoms with van der Waals surface area (Å²) in [5, 5.41) is 11.8. The first-order valence-electron chi connectivity index (χ1n) is 10.7. The van der Waals surface area contributed by atoms with Crippen molar-refractivity contribution in [3.8, 4) is 22.9 Å². The van der Waals surface area contributed by atoms with E-state index in [4.69, 9.17) is 21.1 Å². The van der Waals surface area contributed by atoms with Crippen LogP contribution in [-0.2, 0) is 18.0 Å². The van der Waals surface area contributed by atoms with Gasteiger partial charge in [-0.05, 0) is 35.9 Å². The summed E-state index contributed by atoms with van der Waals surface area (Å²) in [6.07, 6.45) is 3.24. The van der Waals surface area contributed by atoms with Crippen molar-refractivity contribution in [1.29, 1.82) is 0 Å². The van der Waals surface area contributed by atoms with Crippen molar-refractivity contribution >= 4 is 23.3 Å². The Hall–Kier alpha value is -4.50. The quantitative estimate of drug-likeness (QED) is 0.163. The Bertz CT molecular complexity index is 1390. The number of aromatic nitrogens is 2. The fourth-order valence-corrected chi connectivity index (χ4v) is 3.51. The molecule has 0 atom stereocenters. The van der Waals surface area contributed by atoms with Crippen LogP contribution in [0.5, 0.6) is 11.5 Å². The van der Waals surface area contributed by atoms with E-state index in [0.717, 1.165) is 18.2 Å². The molecule has 0 amide bonds. The smallest absolute Gasteiger partial charge is 0.345 e. The minimum absolute atomic E-state index is 0.0987. The summed E-state index contributed by atoms with van der Waals surface area (Å²) in [7, 11) is 1.15. The predicted octanol–water partition coefficient (Wildman–Crippen LogP) is 5.65. The highest BCUT2D eigenvalue weighted by Crippen LogP contribution is 2.26. The maximum Gasteiger partial charge on any atom is 0.345 e. The van der Waals surface area contributed by atoms with Crippen LogP contribution in [0.3, 0.4) is 0 Å². The van der Waals surface area contributed by atoms with Gasteiger partial charge in [-0.2, -0.15) is 0 Å². The molecule has 0 radical (unpaired) electrons. The number of nitro groups is 1. The van der Waals surface area contributed by atoms with Crippen LogP contribution in [0.25, 0.3) is 11.4 Å². The summed E-state index contributed by atoms with van der Waals surface area (Å²) in [6, 6.07) is 18.8. The molecule has 0 fully saturated rings. The summed E-state index contributed by atoms with van der Waals surface area (Å²) < 4.78 is 16.2. The second kappa shape index (κ2) is 11.3. The number of carbonyl (C=O) groups is 1. The summed E-state index contributed by atoms with van der Waals surface area (Å²) in [5.74, 6) is 0.631. The second-order valence-corrected chi connectivity index (χ2v) is 8.01. The molecule has 0 aliphatic carbocycles. The Kier molecular flexibility index (Phi) is 7.72. The van der Waals surface area contributed by atoms with E-state index in [9.17, 15) is 14.9 Å². The van der Waals surface area contributed by atoms with E-state index in [2.05, 4.69) is 14.7 Å². The number of halogens is 1. The molecule has 36 heavy (non-hydrogen) atoms. The summed E-state index contributed by atoms with van der Waals surface area (Å²) in [5.41, 5.74) is 1.86. The van der Waals surface area contributed by atoms with Crippen LogP contribution in [0, 0.1) is 10.1 Å². The lowest BCUT2D eigenvalue weighted by molar-refractivity contribution is -0.385. The van der Waals surface area contributed by atoms with Crippen molar-refractivity contribution in [3.05, 3.63) is 111 Å². The van der Waals surface area contributed by atoms with Gasteiger partial charge in [-0.3, -0.25) is 10.1 Å². The van der Waals surface area contributed by atoms with E-state index < -0.39 is 10.9 Å². The largest absolute Gasteiger partial charge is 0.489 e. The van der Waals surface area contributed by atoms with Crippen LogP contribution in [-0.4, -0.2) is 28.0 Å². The summed E-state index contributed by atoms with van der Waals surface area (Å²) in [6.45, 7) is 0.475. The van der Waals surface area contributed by atoms with Crippen molar-refractivity contribution in [2.24, 2.45) is 0 Å². The van der Waals surface area contributed by atoms with Gasteiger partial charge in [0, 0.05) is 40.7 Å². The maximum atomic E-state index is 11.9. The first kappa shape index (κ1) is 24.6. The van der Waals surface area contributed by atoms with Crippen LogP contribution < -0.4 is 9.47 Å². The number of carbonyl (C=O) groups excluding carboxylic acids is 1. The molecule has 1 heterocycles. The van der Waals surface area contributed by atoms with Gasteiger partial charge in [-0.25, -0.2) is 14.8 Å². The Labute approximate surface area is 211 Å². The molecule has 0 aliphatic rings. The number of hydrogen-bond donors (Lipinski definition) is 0. The minimum atomic E-state index is -0.821. The van der Waals surface area contributed by atoms with Crippen molar-refractivity contribution in [3.63, 3.8) is 0 Å². The van der Waals surface area contributed by atoms with Gasteiger partial charge in [0.05, 0.1) is 12.0 Å². The van der Waals surface area contributed by atoms with E-state index >= 15 is 0 Å². The first-order chi connectivity index (χ1) is 17.4. The van der Waals surface area contributed by atoms with Gasteiger partial charge < -0.3 is 14.2 Å². The molecule has 0 unspecified atom stereocenters. The number of ether oxygens (including phenoxy) is 3. The third kappa shape index (κ3) is 6.13. The normalized spacial score (nSPS) is 10.5. The Morgan fingerprint density at radius 1 is 0.917 bits per heavy atom. The summed E-state index contributed by atoms with van der Waals surface area (Å²) >= 11 is 6.02. The number of benzene rings is 3. The monoisotopic (exact) mass is 505 g/mol. The molecule has 0 saturated carbocycles. The Morgan fingerprint density at radius 2 is 1.61 bits per heavy atom. The highest BCUT2D eigenvalue weighted by Gasteiger charge is 2.21. The molecule has 182 valence electrons. The molecule has 4 rings (SSSR count). The van der Waals surface area contributed by atoms with Gasteiger partial charge >= 0.3 is 5.97 Å². The average Bonchev–Trinajstić information content (AvgIpc) is 2.90. The number of hydrogen-bond acceptors (Lipinski definition) is 8. The van der Waals surface area contributed by atoms with Gasteiger partial charge in [-0.15, -0.1) is 0 Å². The molecule has 9 nitrogen and oxygen atoms in total. The van der Waals surface area contributed by atoms with Gasteiger partial charge in [0.1, 0.15) is 30.3 Å². The van der Waals surface area contributed by atoms with Crippen molar-refractivity contribution in [2.45, 2.75) is 13.2 Å². The molecule has 0 spiro atoms. The molecule has 0 N–H and O–H groups in total. The zero-order valence-corrected chi connectivity index (χ0v) is 19.8. The zero-order chi connectivity index (χ0) is 25.5. The number of rotatable bonds is 9. The van der Waals surface area contributed by atoms with E-state index in [1.165, 1.54) is 18.2 Å². The Balaban J connectivity index is 1.40. The molecule has 3 aromatic carbocycles. The third-order valence-corrected chi connectivity index (χ3v) is 5.30. The molecular weight excluding hydrogens is 486 g/mol. The van der Waals surface area contributed by atoms with Crippen molar-refractivity contribution in [2.75, 3.05) is 7.11 Å². The van der Waals surface area contributed by atoms with E-state index in [1.54, 1.807) is 12.4 Å². The van der Waals surface area contributed by atoms with Crippen LogP contribution in [0.15, 0.2) is 79.1 Å². The van der Waals surface area contributed by atoms with E-state index in [-0.39, 0.29) is 23.6 Å². The number of nitrogens with zero attached hydrogens (tertiary/aromatic N) is 3. The van der Waals surface area contributed by atoms with Crippen LogP contribution in [0.4, 0.5) is 5.69 Å². The molecule has 4 aromatic rings. The average molecular weight is 506 g/mol. The summed E-state index contributed by atoms with van der Waals surface area (Å²) in [4.78, 5) is 31.2.